The molecule has 1 aliphatic rings. The fourth-order valence-electron chi connectivity index (χ4n) is 2.05. The average Bonchev–Trinajstić information content (AvgIpc) is 3.08. The molecule has 0 N–H and O–H groups in total. The van der Waals surface area contributed by atoms with Gasteiger partial charge in [-0.1, -0.05) is 12.1 Å². The summed E-state index contributed by atoms with van der Waals surface area (Å²) in [5.41, 5.74) is 1.29. The van der Waals surface area contributed by atoms with Gasteiger partial charge in [-0.2, -0.15) is 0 Å². The lowest BCUT2D eigenvalue weighted by Gasteiger charge is -2.14. The zero-order valence-corrected chi connectivity index (χ0v) is 9.93. The molecule has 2 atom stereocenters. The Morgan fingerprint density at radius 1 is 1.38 bits per heavy atom. The number of ether oxygens (including phenoxy) is 1. The number of nitrogens with zero attached hydrogens (tertiary/aromatic N) is 1. The van der Waals surface area contributed by atoms with Crippen molar-refractivity contribution in [2.45, 2.75) is 25.3 Å². The van der Waals surface area contributed by atoms with Gasteiger partial charge < -0.3 is 9.64 Å². The first kappa shape index (κ1) is 11.0. The predicted molar refractivity (Wildman–Crippen MR) is 62.6 cm³/mol. The number of amides is 1. The molecule has 86 valence electrons. The van der Waals surface area contributed by atoms with Gasteiger partial charge in [0.25, 0.3) is 0 Å². The third kappa shape index (κ3) is 2.03. The van der Waals surface area contributed by atoms with Crippen LogP contribution in [-0.4, -0.2) is 31.0 Å². The zero-order chi connectivity index (χ0) is 11.7. The maximum absolute atomic E-state index is 11.2. The Labute approximate surface area is 96.0 Å². The molecular weight excluding hydrogens is 202 g/mol. The summed E-state index contributed by atoms with van der Waals surface area (Å²) in [5.74, 6) is 1.52. The number of carbonyl (C=O) groups is 1. The van der Waals surface area contributed by atoms with Gasteiger partial charge in [-0.25, -0.2) is 0 Å². The van der Waals surface area contributed by atoms with E-state index in [1.807, 2.05) is 24.1 Å². The molecule has 1 aromatic rings. The summed E-state index contributed by atoms with van der Waals surface area (Å²) in [6.45, 7) is 1.61. The van der Waals surface area contributed by atoms with Crippen molar-refractivity contribution in [2.24, 2.45) is 0 Å². The molecule has 1 aliphatic carbocycles. The van der Waals surface area contributed by atoms with Gasteiger partial charge in [0.2, 0.25) is 5.91 Å². The van der Waals surface area contributed by atoms with E-state index < -0.39 is 0 Å². The molecule has 2 rings (SSSR count). The standard InChI is InChI=1S/C13H17NO2/c1-9(15)14(2)13-8-12(13)10-4-6-11(16-3)7-5-10/h4-7,12-13H,8H2,1-3H3/t12-,13+/m0/s1. The van der Waals surface area contributed by atoms with Crippen LogP contribution in [0.4, 0.5) is 0 Å². The van der Waals surface area contributed by atoms with E-state index in [0.717, 1.165) is 12.2 Å². The second-order valence-electron chi connectivity index (χ2n) is 4.31. The minimum absolute atomic E-state index is 0.140. The topological polar surface area (TPSA) is 29.5 Å². The van der Waals surface area contributed by atoms with Crippen molar-refractivity contribution in [3.63, 3.8) is 0 Å². The van der Waals surface area contributed by atoms with Crippen molar-refractivity contribution in [1.29, 1.82) is 0 Å². The molecule has 0 bridgehead atoms. The number of methoxy groups -OCH3 is 1. The molecular formula is C13H17NO2. The summed E-state index contributed by atoms with van der Waals surface area (Å²) in [6, 6.07) is 8.48. The molecule has 0 saturated heterocycles. The van der Waals surface area contributed by atoms with Crippen LogP contribution in [0.25, 0.3) is 0 Å². The highest BCUT2D eigenvalue weighted by molar-refractivity contribution is 5.74. The van der Waals surface area contributed by atoms with E-state index >= 15 is 0 Å². The fourth-order valence-corrected chi connectivity index (χ4v) is 2.05. The Bertz CT molecular complexity index is 385. The normalized spacial score (nSPS) is 22.7. The van der Waals surface area contributed by atoms with Crippen LogP contribution in [0.5, 0.6) is 5.75 Å². The van der Waals surface area contributed by atoms with Gasteiger partial charge in [0.1, 0.15) is 5.75 Å². The number of hydrogen-bond acceptors (Lipinski definition) is 2. The van der Waals surface area contributed by atoms with Crippen molar-refractivity contribution in [1.82, 2.24) is 4.90 Å². The van der Waals surface area contributed by atoms with Gasteiger partial charge in [0.05, 0.1) is 7.11 Å². The molecule has 0 unspecified atom stereocenters. The Morgan fingerprint density at radius 2 is 2.00 bits per heavy atom. The van der Waals surface area contributed by atoms with E-state index in [1.54, 1.807) is 14.0 Å². The smallest absolute Gasteiger partial charge is 0.219 e. The highest BCUT2D eigenvalue weighted by Gasteiger charge is 2.42. The second kappa shape index (κ2) is 4.16. The molecule has 1 amide bonds. The summed E-state index contributed by atoms with van der Waals surface area (Å²) in [5, 5.41) is 0. The zero-order valence-electron chi connectivity index (χ0n) is 9.93. The molecule has 1 fully saturated rings. The largest absolute Gasteiger partial charge is 0.497 e. The molecule has 0 aliphatic heterocycles. The Kier molecular flexibility index (Phi) is 2.86. The van der Waals surface area contributed by atoms with Gasteiger partial charge in [-0.15, -0.1) is 0 Å². The Hall–Kier alpha value is -1.51. The Balaban J connectivity index is 2.03. The molecule has 1 saturated carbocycles. The summed E-state index contributed by atoms with van der Waals surface area (Å²) < 4.78 is 5.12. The monoisotopic (exact) mass is 219 g/mol. The van der Waals surface area contributed by atoms with Crippen molar-refractivity contribution in [3.8, 4) is 5.75 Å². The molecule has 0 heterocycles. The van der Waals surface area contributed by atoms with Gasteiger partial charge >= 0.3 is 0 Å². The third-order valence-corrected chi connectivity index (χ3v) is 3.29. The van der Waals surface area contributed by atoms with Crippen molar-refractivity contribution in [2.75, 3.05) is 14.2 Å². The number of carbonyl (C=O) groups excluding carboxylic acids is 1. The molecule has 0 spiro atoms. The van der Waals surface area contributed by atoms with Gasteiger partial charge in [-0.05, 0) is 24.1 Å². The van der Waals surface area contributed by atoms with Crippen LogP contribution >= 0.6 is 0 Å². The lowest BCUT2D eigenvalue weighted by molar-refractivity contribution is -0.128. The van der Waals surface area contributed by atoms with Crippen LogP contribution in [0.2, 0.25) is 0 Å². The lowest BCUT2D eigenvalue weighted by atomic mass is 10.1. The quantitative estimate of drug-likeness (QED) is 0.778. The molecule has 3 heteroatoms. The van der Waals surface area contributed by atoms with Gasteiger partial charge in [-0.3, -0.25) is 4.79 Å². The van der Waals surface area contributed by atoms with Crippen LogP contribution in [0.1, 0.15) is 24.8 Å². The molecule has 16 heavy (non-hydrogen) atoms. The molecule has 3 nitrogen and oxygen atoms in total. The van der Waals surface area contributed by atoms with Gasteiger partial charge in [0.15, 0.2) is 0 Å². The van der Waals surface area contributed by atoms with E-state index in [4.69, 9.17) is 4.74 Å². The number of hydrogen-bond donors (Lipinski definition) is 0. The van der Waals surface area contributed by atoms with E-state index in [-0.39, 0.29) is 5.91 Å². The van der Waals surface area contributed by atoms with Crippen LogP contribution in [0.3, 0.4) is 0 Å². The van der Waals surface area contributed by atoms with E-state index in [0.29, 0.717) is 12.0 Å². The first-order chi connectivity index (χ1) is 7.63. The first-order valence-electron chi connectivity index (χ1n) is 5.51. The van der Waals surface area contributed by atoms with E-state index in [1.165, 1.54) is 5.56 Å². The summed E-state index contributed by atoms with van der Waals surface area (Å²) in [4.78, 5) is 13.0. The molecule has 1 aromatic carbocycles. The number of rotatable bonds is 3. The maximum Gasteiger partial charge on any atom is 0.219 e. The van der Waals surface area contributed by atoms with Crippen LogP contribution in [0, 0.1) is 0 Å². The van der Waals surface area contributed by atoms with E-state index in [2.05, 4.69) is 12.1 Å². The van der Waals surface area contributed by atoms with Crippen LogP contribution < -0.4 is 4.74 Å². The summed E-state index contributed by atoms with van der Waals surface area (Å²) >= 11 is 0. The van der Waals surface area contributed by atoms with Crippen molar-refractivity contribution < 1.29 is 9.53 Å². The van der Waals surface area contributed by atoms with E-state index in [9.17, 15) is 4.79 Å². The second-order valence-corrected chi connectivity index (χ2v) is 4.31. The minimum atomic E-state index is 0.140. The Morgan fingerprint density at radius 3 is 2.50 bits per heavy atom. The predicted octanol–water partition coefficient (Wildman–Crippen LogP) is 2.03. The molecule has 0 aromatic heterocycles. The van der Waals surface area contributed by atoms with Crippen LogP contribution in [-0.2, 0) is 4.79 Å². The number of likely N-dealkylation sites (N-methyl/N-ethyl adjacent to an activating group) is 1. The summed E-state index contributed by atoms with van der Waals surface area (Å²) in [6.07, 6.45) is 1.07. The third-order valence-electron chi connectivity index (χ3n) is 3.29. The lowest BCUT2D eigenvalue weighted by Crippen LogP contribution is -2.26. The highest BCUT2D eigenvalue weighted by Crippen LogP contribution is 2.44. The maximum atomic E-state index is 11.2. The minimum Gasteiger partial charge on any atom is -0.497 e. The highest BCUT2D eigenvalue weighted by atomic mass is 16.5. The average molecular weight is 219 g/mol. The van der Waals surface area contributed by atoms with Crippen LogP contribution in [0.15, 0.2) is 24.3 Å². The number of benzene rings is 1. The fraction of sp³-hybridized carbons (Fsp3) is 0.462. The van der Waals surface area contributed by atoms with Crippen molar-refractivity contribution in [3.05, 3.63) is 29.8 Å². The molecule has 0 radical (unpaired) electrons. The first-order valence-corrected chi connectivity index (χ1v) is 5.51. The SMILES string of the molecule is COc1ccc([C@@H]2C[C@H]2N(C)C(C)=O)cc1. The summed E-state index contributed by atoms with van der Waals surface area (Å²) in [7, 11) is 3.54. The van der Waals surface area contributed by atoms with Crippen molar-refractivity contribution >= 4 is 5.91 Å². The van der Waals surface area contributed by atoms with Gasteiger partial charge in [0, 0.05) is 25.9 Å².